The maximum Gasteiger partial charge on any atom is 0.230 e. The highest BCUT2D eigenvalue weighted by atomic mass is 16.2. The average molecular weight is 410 g/mol. The molecule has 1 N–H and O–H groups in total. The fourth-order valence-electron chi connectivity index (χ4n) is 5.36. The summed E-state index contributed by atoms with van der Waals surface area (Å²) in [5, 5.41) is 3.17. The Bertz CT molecular complexity index is 857. The lowest BCUT2D eigenvalue weighted by Gasteiger charge is -2.29. The molecular weight excluding hydrogens is 378 g/mol. The minimum absolute atomic E-state index is 0.0131. The van der Waals surface area contributed by atoms with Crippen LogP contribution in [-0.2, 0) is 20.8 Å². The maximum absolute atomic E-state index is 12.7. The summed E-state index contributed by atoms with van der Waals surface area (Å²) >= 11 is 0. The van der Waals surface area contributed by atoms with Gasteiger partial charge in [-0.1, -0.05) is 25.7 Å². The van der Waals surface area contributed by atoms with Gasteiger partial charge in [0, 0.05) is 42.8 Å². The number of fused-ring (bicyclic) bond motifs is 1. The molecule has 0 bridgehead atoms. The quantitative estimate of drug-likeness (QED) is 0.830. The van der Waals surface area contributed by atoms with Crippen LogP contribution in [0.15, 0.2) is 18.2 Å². The smallest absolute Gasteiger partial charge is 0.230 e. The molecule has 2 aliphatic carbocycles. The summed E-state index contributed by atoms with van der Waals surface area (Å²) in [6, 6.07) is 6.24. The molecule has 1 aromatic rings. The monoisotopic (exact) mass is 409 g/mol. The van der Waals surface area contributed by atoms with Crippen molar-refractivity contribution in [1.29, 1.82) is 0 Å². The third-order valence-corrected chi connectivity index (χ3v) is 7.44. The first-order chi connectivity index (χ1) is 14.6. The highest BCUT2D eigenvalue weighted by Crippen LogP contribution is 2.37. The molecule has 2 heterocycles. The SMILES string of the molecule is O=C(NC1CCCCC1)[C@@H]1CC(=O)N(c2ccc3c(c2)CCN3C(=O)C2CCC2)C1. The number of rotatable bonds is 4. The second-order valence-corrected chi connectivity index (χ2v) is 9.43. The molecule has 0 unspecified atom stereocenters. The van der Waals surface area contributed by atoms with E-state index in [4.69, 9.17) is 0 Å². The van der Waals surface area contributed by atoms with E-state index in [1.165, 1.54) is 19.3 Å². The predicted octanol–water partition coefficient (Wildman–Crippen LogP) is 3.18. The summed E-state index contributed by atoms with van der Waals surface area (Å²) in [6.07, 6.45) is 9.99. The Hall–Kier alpha value is -2.37. The Morgan fingerprint density at radius 1 is 0.967 bits per heavy atom. The molecule has 30 heavy (non-hydrogen) atoms. The van der Waals surface area contributed by atoms with Gasteiger partial charge in [0.2, 0.25) is 17.7 Å². The zero-order valence-corrected chi connectivity index (χ0v) is 17.6. The van der Waals surface area contributed by atoms with Crippen molar-refractivity contribution in [2.75, 3.05) is 22.9 Å². The van der Waals surface area contributed by atoms with Crippen molar-refractivity contribution in [2.45, 2.75) is 70.3 Å². The number of hydrogen-bond acceptors (Lipinski definition) is 3. The molecule has 2 aliphatic heterocycles. The lowest BCUT2D eigenvalue weighted by Crippen LogP contribution is -2.40. The predicted molar refractivity (Wildman–Crippen MR) is 115 cm³/mol. The van der Waals surface area contributed by atoms with E-state index in [1.54, 1.807) is 4.90 Å². The van der Waals surface area contributed by atoms with Gasteiger partial charge >= 0.3 is 0 Å². The normalized spacial score (nSPS) is 24.7. The maximum atomic E-state index is 12.7. The van der Waals surface area contributed by atoms with Gasteiger partial charge in [0.15, 0.2) is 0 Å². The van der Waals surface area contributed by atoms with Crippen LogP contribution in [-0.4, -0.2) is 36.9 Å². The van der Waals surface area contributed by atoms with Crippen LogP contribution in [0, 0.1) is 11.8 Å². The molecule has 6 heteroatoms. The van der Waals surface area contributed by atoms with Crippen molar-refractivity contribution in [1.82, 2.24) is 5.32 Å². The number of carbonyl (C=O) groups is 3. The first-order valence-electron chi connectivity index (χ1n) is 11.6. The molecule has 1 saturated heterocycles. The second kappa shape index (κ2) is 8.05. The van der Waals surface area contributed by atoms with Crippen LogP contribution in [0.3, 0.4) is 0 Å². The van der Waals surface area contributed by atoms with E-state index in [2.05, 4.69) is 5.32 Å². The van der Waals surface area contributed by atoms with Crippen LogP contribution < -0.4 is 15.1 Å². The van der Waals surface area contributed by atoms with E-state index in [-0.39, 0.29) is 42.0 Å². The van der Waals surface area contributed by atoms with E-state index in [9.17, 15) is 14.4 Å². The summed E-state index contributed by atoms with van der Waals surface area (Å²) in [5.41, 5.74) is 2.97. The van der Waals surface area contributed by atoms with Crippen molar-refractivity contribution in [3.8, 4) is 0 Å². The number of anilines is 2. The Morgan fingerprint density at radius 2 is 1.77 bits per heavy atom. The van der Waals surface area contributed by atoms with Crippen LogP contribution in [0.25, 0.3) is 0 Å². The van der Waals surface area contributed by atoms with Gasteiger partial charge in [0.1, 0.15) is 0 Å². The van der Waals surface area contributed by atoms with Crippen LogP contribution in [0.4, 0.5) is 11.4 Å². The van der Waals surface area contributed by atoms with E-state index in [0.717, 1.165) is 62.0 Å². The second-order valence-electron chi connectivity index (χ2n) is 9.43. The summed E-state index contributed by atoms with van der Waals surface area (Å²) < 4.78 is 0. The lowest BCUT2D eigenvalue weighted by molar-refractivity contribution is -0.127. The molecule has 2 saturated carbocycles. The number of amides is 3. The van der Waals surface area contributed by atoms with Crippen LogP contribution >= 0.6 is 0 Å². The van der Waals surface area contributed by atoms with Gasteiger partial charge in [0.25, 0.3) is 0 Å². The summed E-state index contributed by atoms with van der Waals surface area (Å²) in [5.74, 6) is 0.211. The van der Waals surface area contributed by atoms with E-state index in [0.29, 0.717) is 6.54 Å². The Morgan fingerprint density at radius 3 is 2.50 bits per heavy atom. The molecular formula is C24H31N3O3. The number of nitrogens with zero attached hydrogens (tertiary/aromatic N) is 2. The third kappa shape index (κ3) is 3.61. The third-order valence-electron chi connectivity index (χ3n) is 7.44. The molecule has 0 radical (unpaired) electrons. The van der Waals surface area contributed by atoms with Crippen LogP contribution in [0.2, 0.25) is 0 Å². The molecule has 3 fully saturated rings. The van der Waals surface area contributed by atoms with Crippen LogP contribution in [0.5, 0.6) is 0 Å². The molecule has 6 nitrogen and oxygen atoms in total. The average Bonchev–Trinajstić information content (AvgIpc) is 3.30. The summed E-state index contributed by atoms with van der Waals surface area (Å²) in [4.78, 5) is 41.7. The van der Waals surface area contributed by atoms with Gasteiger partial charge in [-0.25, -0.2) is 0 Å². The standard InChI is InChI=1S/C24H31N3O3/c28-22-14-18(23(29)25-19-7-2-1-3-8-19)15-27(22)20-9-10-21-17(13-20)11-12-26(21)24(30)16-5-4-6-16/h9-10,13,16,18-19H,1-8,11-12,14-15H2,(H,25,29)/t18-/m1/s1. The lowest BCUT2D eigenvalue weighted by atomic mass is 9.84. The number of carbonyl (C=O) groups excluding carboxylic acids is 3. The highest BCUT2D eigenvalue weighted by molar-refractivity contribution is 6.01. The van der Waals surface area contributed by atoms with Crippen LogP contribution in [0.1, 0.15) is 63.4 Å². The van der Waals surface area contributed by atoms with E-state index >= 15 is 0 Å². The molecule has 0 aromatic heterocycles. The van der Waals surface area contributed by atoms with Crippen molar-refractivity contribution >= 4 is 29.1 Å². The fraction of sp³-hybridized carbons (Fsp3) is 0.625. The molecule has 0 spiro atoms. The Balaban J connectivity index is 1.25. The molecule has 160 valence electrons. The molecule has 4 aliphatic rings. The first-order valence-corrected chi connectivity index (χ1v) is 11.6. The summed E-state index contributed by atoms with van der Waals surface area (Å²) in [6.45, 7) is 1.18. The Labute approximate surface area is 178 Å². The zero-order valence-electron chi connectivity index (χ0n) is 17.6. The van der Waals surface area contributed by atoms with Gasteiger partial charge in [-0.05, 0) is 55.9 Å². The number of hydrogen-bond donors (Lipinski definition) is 1. The van der Waals surface area contributed by atoms with Gasteiger partial charge < -0.3 is 15.1 Å². The molecule has 1 atom stereocenters. The van der Waals surface area contributed by atoms with Gasteiger partial charge in [-0.15, -0.1) is 0 Å². The van der Waals surface area contributed by atoms with Gasteiger partial charge in [-0.3, -0.25) is 14.4 Å². The molecule has 3 amide bonds. The molecule has 1 aromatic carbocycles. The first kappa shape index (κ1) is 19.6. The van der Waals surface area contributed by atoms with E-state index in [1.807, 2.05) is 23.1 Å². The number of nitrogens with one attached hydrogen (secondary N) is 1. The molecule has 5 rings (SSSR count). The van der Waals surface area contributed by atoms with Gasteiger partial charge in [-0.2, -0.15) is 0 Å². The van der Waals surface area contributed by atoms with Crippen molar-refractivity contribution < 1.29 is 14.4 Å². The zero-order chi connectivity index (χ0) is 20.7. The minimum Gasteiger partial charge on any atom is -0.353 e. The minimum atomic E-state index is -0.274. The fourth-order valence-corrected chi connectivity index (χ4v) is 5.36. The topological polar surface area (TPSA) is 69.7 Å². The van der Waals surface area contributed by atoms with E-state index < -0.39 is 0 Å². The largest absolute Gasteiger partial charge is 0.353 e. The highest BCUT2D eigenvalue weighted by Gasteiger charge is 2.37. The van der Waals surface area contributed by atoms with Gasteiger partial charge in [0.05, 0.1) is 5.92 Å². The number of benzene rings is 1. The van der Waals surface area contributed by atoms with Crippen molar-refractivity contribution in [3.05, 3.63) is 23.8 Å². The Kier molecular flexibility index (Phi) is 5.25. The summed E-state index contributed by atoms with van der Waals surface area (Å²) in [7, 11) is 0. The van der Waals surface area contributed by atoms with Crippen molar-refractivity contribution in [3.63, 3.8) is 0 Å². The van der Waals surface area contributed by atoms with Crippen molar-refractivity contribution in [2.24, 2.45) is 11.8 Å².